The molecule has 0 aliphatic carbocycles. The number of fused-ring (bicyclic) bond motifs is 1. The maximum atomic E-state index is 12.7. The molecular formula is C11H12F2O2. The van der Waals surface area contributed by atoms with E-state index in [4.69, 9.17) is 0 Å². The van der Waals surface area contributed by atoms with E-state index in [2.05, 4.69) is 9.47 Å². The van der Waals surface area contributed by atoms with Crippen LogP contribution in [0.15, 0.2) is 12.1 Å². The molecule has 1 aromatic carbocycles. The molecule has 82 valence electrons. The minimum Gasteiger partial charge on any atom is -0.395 e. The molecule has 1 aliphatic heterocycles. The molecule has 0 bridgehead atoms. The molecule has 0 amide bonds. The molecule has 0 aromatic heterocycles. The Morgan fingerprint density at radius 3 is 2.40 bits per heavy atom. The van der Waals surface area contributed by atoms with Gasteiger partial charge in [-0.05, 0) is 36.6 Å². The van der Waals surface area contributed by atoms with Gasteiger partial charge in [-0.15, -0.1) is 8.78 Å². The molecule has 0 fully saturated rings. The predicted molar refractivity (Wildman–Crippen MR) is 51.4 cm³/mol. The monoisotopic (exact) mass is 214 g/mol. The number of aryl methyl sites for hydroxylation is 2. The van der Waals surface area contributed by atoms with E-state index in [9.17, 15) is 8.78 Å². The van der Waals surface area contributed by atoms with E-state index in [0.29, 0.717) is 0 Å². The summed E-state index contributed by atoms with van der Waals surface area (Å²) in [5.41, 5.74) is 1.98. The molecule has 0 radical (unpaired) electrons. The molecule has 1 heterocycles. The fourth-order valence-corrected chi connectivity index (χ4v) is 1.68. The second-order valence-electron chi connectivity index (χ2n) is 3.64. The lowest BCUT2D eigenvalue weighted by atomic mass is 10.0. The van der Waals surface area contributed by atoms with Crippen LogP contribution < -0.4 is 9.47 Å². The normalized spacial score (nSPS) is 16.8. The van der Waals surface area contributed by atoms with Gasteiger partial charge in [-0.1, -0.05) is 13.3 Å². The standard InChI is InChI=1S/C11H12F2O2/c1-3-4-8-6-10-9(5-7(8)2)14-11(12,13)15-10/h5-6H,3-4H2,1-2H3. The largest absolute Gasteiger partial charge is 0.586 e. The van der Waals surface area contributed by atoms with Crippen LogP contribution in [0.25, 0.3) is 0 Å². The summed E-state index contributed by atoms with van der Waals surface area (Å²) in [6, 6.07) is 3.23. The SMILES string of the molecule is CCCc1cc2c(cc1C)OC(F)(F)O2. The Morgan fingerprint density at radius 2 is 1.80 bits per heavy atom. The molecule has 2 nitrogen and oxygen atoms in total. The Labute approximate surface area is 86.8 Å². The summed E-state index contributed by atoms with van der Waals surface area (Å²) in [6.07, 6.45) is -1.69. The van der Waals surface area contributed by atoms with E-state index in [-0.39, 0.29) is 11.5 Å². The van der Waals surface area contributed by atoms with Crippen molar-refractivity contribution in [2.24, 2.45) is 0 Å². The van der Waals surface area contributed by atoms with Gasteiger partial charge in [-0.25, -0.2) is 0 Å². The maximum Gasteiger partial charge on any atom is 0.586 e. The molecule has 0 saturated carbocycles. The van der Waals surface area contributed by atoms with Gasteiger partial charge in [0.15, 0.2) is 11.5 Å². The third-order valence-corrected chi connectivity index (χ3v) is 2.38. The van der Waals surface area contributed by atoms with Crippen molar-refractivity contribution >= 4 is 0 Å². The summed E-state index contributed by atoms with van der Waals surface area (Å²) in [4.78, 5) is 0. The summed E-state index contributed by atoms with van der Waals surface area (Å²) in [7, 11) is 0. The Balaban J connectivity index is 2.36. The highest BCUT2D eigenvalue weighted by atomic mass is 19.3. The van der Waals surface area contributed by atoms with Gasteiger partial charge in [0.2, 0.25) is 0 Å². The first-order valence-electron chi connectivity index (χ1n) is 4.91. The lowest BCUT2D eigenvalue weighted by molar-refractivity contribution is -0.286. The number of benzene rings is 1. The Kier molecular flexibility index (Phi) is 2.29. The van der Waals surface area contributed by atoms with Crippen LogP contribution in [0.1, 0.15) is 24.5 Å². The van der Waals surface area contributed by atoms with Crippen LogP contribution in [0, 0.1) is 6.92 Å². The summed E-state index contributed by atoms with van der Waals surface area (Å²) < 4.78 is 34.2. The number of hydrogen-bond donors (Lipinski definition) is 0. The molecule has 1 aliphatic rings. The van der Waals surface area contributed by atoms with Crippen LogP contribution in [0.5, 0.6) is 11.5 Å². The zero-order chi connectivity index (χ0) is 11.1. The van der Waals surface area contributed by atoms with Gasteiger partial charge in [0.1, 0.15) is 0 Å². The molecule has 2 rings (SSSR count). The van der Waals surface area contributed by atoms with Crippen LogP contribution in [0.4, 0.5) is 8.78 Å². The number of hydrogen-bond acceptors (Lipinski definition) is 2. The van der Waals surface area contributed by atoms with E-state index >= 15 is 0 Å². The van der Waals surface area contributed by atoms with Gasteiger partial charge >= 0.3 is 6.29 Å². The van der Waals surface area contributed by atoms with Crippen molar-refractivity contribution in [3.63, 3.8) is 0 Å². The molecule has 0 spiro atoms. The van der Waals surface area contributed by atoms with Gasteiger partial charge in [-0.2, -0.15) is 0 Å². The van der Waals surface area contributed by atoms with Crippen LogP contribution in [-0.2, 0) is 6.42 Å². The van der Waals surface area contributed by atoms with E-state index in [1.54, 1.807) is 12.1 Å². The number of rotatable bonds is 2. The topological polar surface area (TPSA) is 18.5 Å². The van der Waals surface area contributed by atoms with E-state index in [0.717, 1.165) is 24.0 Å². The van der Waals surface area contributed by atoms with Crippen LogP contribution in [-0.4, -0.2) is 6.29 Å². The molecule has 15 heavy (non-hydrogen) atoms. The quantitative estimate of drug-likeness (QED) is 0.752. The number of halogens is 2. The van der Waals surface area contributed by atoms with Crippen LogP contribution >= 0.6 is 0 Å². The highest BCUT2D eigenvalue weighted by Gasteiger charge is 2.43. The van der Waals surface area contributed by atoms with Crippen LogP contribution in [0.2, 0.25) is 0 Å². The lowest BCUT2D eigenvalue weighted by Gasteiger charge is -2.05. The molecule has 4 heteroatoms. The summed E-state index contributed by atoms with van der Waals surface area (Å²) in [5.74, 6) is 0.256. The maximum absolute atomic E-state index is 12.7. The Morgan fingerprint density at radius 1 is 1.20 bits per heavy atom. The Bertz CT molecular complexity index is 388. The highest BCUT2D eigenvalue weighted by Crippen LogP contribution is 2.42. The average Bonchev–Trinajstić information content (AvgIpc) is 2.39. The minimum atomic E-state index is -3.51. The van der Waals surface area contributed by atoms with Crippen molar-refractivity contribution in [2.45, 2.75) is 33.0 Å². The van der Waals surface area contributed by atoms with E-state index in [1.165, 1.54) is 0 Å². The van der Waals surface area contributed by atoms with E-state index in [1.807, 2.05) is 13.8 Å². The van der Waals surface area contributed by atoms with Crippen molar-refractivity contribution in [2.75, 3.05) is 0 Å². The third-order valence-electron chi connectivity index (χ3n) is 2.38. The lowest BCUT2D eigenvalue weighted by Crippen LogP contribution is -2.25. The summed E-state index contributed by atoms with van der Waals surface area (Å²) in [6.45, 7) is 3.92. The Hall–Kier alpha value is -1.32. The zero-order valence-corrected chi connectivity index (χ0v) is 8.64. The van der Waals surface area contributed by atoms with Gasteiger partial charge in [0.25, 0.3) is 0 Å². The van der Waals surface area contributed by atoms with Gasteiger partial charge in [0, 0.05) is 0 Å². The van der Waals surface area contributed by atoms with Crippen molar-refractivity contribution in [3.05, 3.63) is 23.3 Å². The molecule has 0 unspecified atom stereocenters. The first kappa shape index (κ1) is 10.2. The minimum absolute atomic E-state index is 0.123. The summed E-state index contributed by atoms with van der Waals surface area (Å²) in [5, 5.41) is 0. The van der Waals surface area contributed by atoms with Crippen molar-refractivity contribution in [1.82, 2.24) is 0 Å². The summed E-state index contributed by atoms with van der Waals surface area (Å²) >= 11 is 0. The molecule has 1 aromatic rings. The van der Waals surface area contributed by atoms with Crippen LogP contribution in [0.3, 0.4) is 0 Å². The smallest absolute Gasteiger partial charge is 0.395 e. The van der Waals surface area contributed by atoms with Gasteiger partial charge in [0.05, 0.1) is 0 Å². The molecule has 0 N–H and O–H groups in total. The van der Waals surface area contributed by atoms with Crippen molar-refractivity contribution in [3.8, 4) is 11.5 Å². The van der Waals surface area contributed by atoms with Crippen molar-refractivity contribution < 1.29 is 18.3 Å². The first-order chi connectivity index (χ1) is 7.02. The first-order valence-corrected chi connectivity index (χ1v) is 4.91. The fourth-order valence-electron chi connectivity index (χ4n) is 1.68. The predicted octanol–water partition coefficient (Wildman–Crippen LogP) is 3.27. The second kappa shape index (κ2) is 3.36. The highest BCUT2D eigenvalue weighted by molar-refractivity contribution is 5.48. The third kappa shape index (κ3) is 1.89. The molecule has 0 saturated heterocycles. The molecule has 0 atom stereocenters. The number of ether oxygens (including phenoxy) is 2. The fraction of sp³-hybridized carbons (Fsp3) is 0.455. The molecular weight excluding hydrogens is 202 g/mol. The number of alkyl halides is 2. The van der Waals surface area contributed by atoms with Crippen molar-refractivity contribution in [1.29, 1.82) is 0 Å². The average molecular weight is 214 g/mol. The van der Waals surface area contributed by atoms with Gasteiger partial charge in [-0.3, -0.25) is 0 Å². The van der Waals surface area contributed by atoms with E-state index < -0.39 is 6.29 Å². The zero-order valence-electron chi connectivity index (χ0n) is 8.64. The second-order valence-corrected chi connectivity index (χ2v) is 3.64. The van der Waals surface area contributed by atoms with Gasteiger partial charge < -0.3 is 9.47 Å².